The molecular formula is C12H15ClN3O-. The summed E-state index contributed by atoms with van der Waals surface area (Å²) < 4.78 is 7.30. The van der Waals surface area contributed by atoms with Gasteiger partial charge in [0.15, 0.2) is 6.73 Å². The smallest absolute Gasteiger partial charge is 0.180 e. The average molecular weight is 253 g/mol. The molecule has 1 heterocycles. The van der Waals surface area contributed by atoms with Crippen molar-refractivity contribution in [3.8, 4) is 5.75 Å². The topological polar surface area (TPSA) is 53.1 Å². The van der Waals surface area contributed by atoms with Crippen LogP contribution in [-0.2, 0) is 6.73 Å². The Morgan fingerprint density at radius 3 is 2.71 bits per heavy atom. The Bertz CT molecular complexity index is 496. The van der Waals surface area contributed by atoms with Gasteiger partial charge in [0.05, 0.1) is 18.1 Å². The molecule has 17 heavy (non-hydrogen) atoms. The van der Waals surface area contributed by atoms with Gasteiger partial charge in [0, 0.05) is 0 Å². The van der Waals surface area contributed by atoms with Gasteiger partial charge in [-0.05, 0) is 25.5 Å². The molecule has 0 bridgehead atoms. The molecule has 1 aromatic carbocycles. The fourth-order valence-electron chi connectivity index (χ4n) is 1.55. The van der Waals surface area contributed by atoms with Gasteiger partial charge in [0.2, 0.25) is 0 Å². The van der Waals surface area contributed by atoms with Crippen molar-refractivity contribution in [1.29, 1.82) is 0 Å². The van der Waals surface area contributed by atoms with E-state index in [2.05, 4.69) is 18.1 Å². The molecule has 0 saturated carbocycles. The highest BCUT2D eigenvalue weighted by Crippen LogP contribution is 2.19. The van der Waals surface area contributed by atoms with Crippen LogP contribution in [0.15, 0.2) is 30.6 Å². The number of benzene rings is 1. The van der Waals surface area contributed by atoms with Gasteiger partial charge in [0.25, 0.3) is 0 Å². The molecule has 5 heteroatoms. The zero-order valence-corrected chi connectivity index (χ0v) is 10.6. The lowest BCUT2D eigenvalue weighted by atomic mass is 10.1. The number of nitrogens with zero attached hydrogens (tertiary/aromatic N) is 2. The van der Waals surface area contributed by atoms with Gasteiger partial charge in [-0.15, -0.1) is 0 Å². The van der Waals surface area contributed by atoms with Crippen molar-refractivity contribution in [2.45, 2.75) is 20.6 Å². The van der Waals surface area contributed by atoms with Crippen LogP contribution in [0.4, 0.5) is 5.69 Å². The van der Waals surface area contributed by atoms with Crippen LogP contribution in [0.3, 0.4) is 0 Å². The third kappa shape index (κ3) is 3.39. The van der Waals surface area contributed by atoms with Crippen LogP contribution in [0.25, 0.3) is 0 Å². The quantitative estimate of drug-likeness (QED) is 0.772. The van der Waals surface area contributed by atoms with E-state index >= 15 is 0 Å². The Hall–Kier alpha value is -1.68. The standard InChI is InChI=1S/C12H15N3O.ClH/c1-9-3-4-12(10(2)5-9)16-8-15-7-11(13)6-14-15;/h3-7H,8,13H2,1-2H3;1H/p-1. The van der Waals surface area contributed by atoms with E-state index in [-0.39, 0.29) is 12.4 Å². The number of rotatable bonds is 3. The monoisotopic (exact) mass is 252 g/mol. The van der Waals surface area contributed by atoms with Crippen LogP contribution in [-0.4, -0.2) is 9.78 Å². The Morgan fingerprint density at radius 2 is 2.12 bits per heavy atom. The van der Waals surface area contributed by atoms with E-state index < -0.39 is 0 Å². The fourth-order valence-corrected chi connectivity index (χ4v) is 1.55. The molecule has 0 aliphatic rings. The lowest BCUT2D eigenvalue weighted by Gasteiger charge is -2.09. The maximum Gasteiger partial charge on any atom is 0.180 e. The summed E-state index contributed by atoms with van der Waals surface area (Å²) in [6.07, 6.45) is 3.34. The molecule has 0 fully saturated rings. The predicted molar refractivity (Wildman–Crippen MR) is 63.2 cm³/mol. The third-order valence-corrected chi connectivity index (χ3v) is 2.34. The van der Waals surface area contributed by atoms with Crippen LogP contribution in [0.5, 0.6) is 5.75 Å². The number of nitrogen functional groups attached to an aromatic ring is 1. The summed E-state index contributed by atoms with van der Waals surface area (Å²) in [5, 5.41) is 4.04. The van der Waals surface area contributed by atoms with E-state index in [1.165, 1.54) is 5.56 Å². The first-order valence-electron chi connectivity index (χ1n) is 5.13. The van der Waals surface area contributed by atoms with Crippen LogP contribution < -0.4 is 22.9 Å². The molecule has 0 aliphatic heterocycles. The third-order valence-electron chi connectivity index (χ3n) is 2.34. The molecular weight excluding hydrogens is 238 g/mol. The summed E-state index contributed by atoms with van der Waals surface area (Å²) in [4.78, 5) is 0. The maximum absolute atomic E-state index is 5.64. The summed E-state index contributed by atoms with van der Waals surface area (Å²) in [6, 6.07) is 6.09. The van der Waals surface area contributed by atoms with Crippen molar-refractivity contribution in [3.05, 3.63) is 41.7 Å². The van der Waals surface area contributed by atoms with Gasteiger partial charge in [-0.2, -0.15) is 5.10 Å². The van der Waals surface area contributed by atoms with Crippen molar-refractivity contribution in [3.63, 3.8) is 0 Å². The lowest BCUT2D eigenvalue weighted by Crippen LogP contribution is -3.00. The molecule has 0 spiro atoms. The molecule has 2 aromatic rings. The normalized spacial score (nSPS) is 9.76. The molecule has 0 radical (unpaired) electrons. The highest BCUT2D eigenvalue weighted by molar-refractivity contribution is 5.35. The summed E-state index contributed by atoms with van der Waals surface area (Å²) in [5.74, 6) is 0.875. The number of anilines is 1. The first-order valence-corrected chi connectivity index (χ1v) is 5.13. The molecule has 0 saturated heterocycles. The number of halogens is 1. The van der Waals surface area contributed by atoms with Gasteiger partial charge in [0.1, 0.15) is 5.75 Å². The first kappa shape index (κ1) is 13.4. The molecule has 92 valence electrons. The second-order valence-corrected chi connectivity index (χ2v) is 3.86. The average Bonchev–Trinajstić information content (AvgIpc) is 2.63. The summed E-state index contributed by atoms with van der Waals surface area (Å²) >= 11 is 0. The Morgan fingerprint density at radius 1 is 1.35 bits per heavy atom. The van der Waals surface area contributed by atoms with E-state index in [1.54, 1.807) is 17.1 Å². The lowest BCUT2D eigenvalue weighted by molar-refractivity contribution is -0.00000390. The maximum atomic E-state index is 5.64. The van der Waals surface area contributed by atoms with Gasteiger partial charge in [-0.1, -0.05) is 17.7 Å². The SMILES string of the molecule is Cc1ccc(OCn2cc(N)cn2)c(C)c1.[Cl-]. The van der Waals surface area contributed by atoms with E-state index in [4.69, 9.17) is 10.5 Å². The largest absolute Gasteiger partial charge is 1.00 e. The minimum absolute atomic E-state index is 0. The van der Waals surface area contributed by atoms with Crippen LogP contribution >= 0.6 is 0 Å². The van der Waals surface area contributed by atoms with Gasteiger partial charge in [-0.3, -0.25) is 0 Å². The Kier molecular flexibility index (Phi) is 4.40. The number of hydrogen-bond donors (Lipinski definition) is 1. The van der Waals surface area contributed by atoms with Crippen LogP contribution in [0, 0.1) is 13.8 Å². The molecule has 1 aromatic heterocycles. The molecule has 4 nitrogen and oxygen atoms in total. The molecule has 0 amide bonds. The van der Waals surface area contributed by atoms with Gasteiger partial charge >= 0.3 is 0 Å². The zero-order valence-electron chi connectivity index (χ0n) is 9.85. The number of nitrogens with two attached hydrogens (primary N) is 1. The fraction of sp³-hybridized carbons (Fsp3) is 0.250. The van der Waals surface area contributed by atoms with E-state index in [9.17, 15) is 0 Å². The van der Waals surface area contributed by atoms with Crippen LogP contribution in [0.2, 0.25) is 0 Å². The summed E-state index contributed by atoms with van der Waals surface area (Å²) in [7, 11) is 0. The molecule has 0 unspecified atom stereocenters. The molecule has 0 aliphatic carbocycles. The number of ether oxygens (including phenoxy) is 1. The van der Waals surface area contributed by atoms with Crippen LogP contribution in [0.1, 0.15) is 11.1 Å². The van der Waals surface area contributed by atoms with Gasteiger partial charge < -0.3 is 22.9 Å². The van der Waals surface area contributed by atoms with E-state index in [0.29, 0.717) is 12.4 Å². The summed E-state index contributed by atoms with van der Waals surface area (Å²) in [5.41, 5.74) is 8.56. The molecule has 2 rings (SSSR count). The van der Waals surface area contributed by atoms with E-state index in [0.717, 1.165) is 11.3 Å². The van der Waals surface area contributed by atoms with Gasteiger partial charge in [-0.25, -0.2) is 4.68 Å². The van der Waals surface area contributed by atoms with Crippen molar-refractivity contribution in [2.75, 3.05) is 5.73 Å². The minimum Gasteiger partial charge on any atom is -1.00 e. The van der Waals surface area contributed by atoms with Crippen molar-refractivity contribution < 1.29 is 17.1 Å². The molecule has 0 atom stereocenters. The number of aryl methyl sites for hydroxylation is 2. The predicted octanol–water partition coefficient (Wildman–Crippen LogP) is -0.877. The highest BCUT2D eigenvalue weighted by atomic mass is 35.5. The second kappa shape index (κ2) is 5.59. The van der Waals surface area contributed by atoms with E-state index in [1.807, 2.05) is 19.1 Å². The zero-order chi connectivity index (χ0) is 11.5. The number of aromatic nitrogens is 2. The number of hydrogen-bond acceptors (Lipinski definition) is 3. The highest BCUT2D eigenvalue weighted by Gasteiger charge is 2.00. The summed E-state index contributed by atoms with van der Waals surface area (Å²) in [6.45, 7) is 4.46. The molecule has 2 N–H and O–H groups in total. The van der Waals surface area contributed by atoms with Crippen molar-refractivity contribution in [1.82, 2.24) is 9.78 Å². The Balaban J connectivity index is 0.00000144. The second-order valence-electron chi connectivity index (χ2n) is 3.86. The minimum atomic E-state index is 0. The first-order chi connectivity index (χ1) is 7.65. The van der Waals surface area contributed by atoms with Crippen molar-refractivity contribution >= 4 is 5.69 Å². The van der Waals surface area contributed by atoms with Crippen molar-refractivity contribution in [2.24, 2.45) is 0 Å². The Labute approximate surface area is 107 Å².